The van der Waals surface area contributed by atoms with E-state index in [9.17, 15) is 8.42 Å². The lowest BCUT2D eigenvalue weighted by Crippen LogP contribution is -2.20. The van der Waals surface area contributed by atoms with Gasteiger partial charge in [-0.1, -0.05) is 43.6 Å². The zero-order chi connectivity index (χ0) is 22.6. The SMILES string of the molecule is Cc1ccc(NC(=S)Nc2ccc(C(C)C)cc2)cc1S(=O)(=O)Nc1ccc(Cl)cc1. The number of sulfonamides is 1. The van der Waals surface area contributed by atoms with Crippen molar-refractivity contribution < 1.29 is 8.42 Å². The number of rotatable bonds is 6. The fraction of sp³-hybridized carbons (Fsp3) is 0.174. The van der Waals surface area contributed by atoms with Gasteiger partial charge in [-0.25, -0.2) is 8.42 Å². The van der Waals surface area contributed by atoms with E-state index in [2.05, 4.69) is 41.3 Å². The van der Waals surface area contributed by atoms with Gasteiger partial charge in [0, 0.05) is 22.1 Å². The number of halogens is 1. The first-order chi connectivity index (χ1) is 14.6. The molecule has 0 spiro atoms. The monoisotopic (exact) mass is 473 g/mol. The molecule has 3 N–H and O–H groups in total. The van der Waals surface area contributed by atoms with E-state index in [1.165, 1.54) is 5.56 Å². The fourth-order valence-electron chi connectivity index (χ4n) is 2.94. The van der Waals surface area contributed by atoms with Gasteiger partial charge < -0.3 is 10.6 Å². The molecule has 0 saturated heterocycles. The quantitative estimate of drug-likeness (QED) is 0.362. The molecule has 0 unspecified atom stereocenters. The van der Waals surface area contributed by atoms with Crippen molar-refractivity contribution in [2.24, 2.45) is 0 Å². The first kappa shape index (κ1) is 23.1. The predicted molar refractivity (Wildman–Crippen MR) is 134 cm³/mol. The summed E-state index contributed by atoms with van der Waals surface area (Å²) in [7, 11) is -3.78. The Morgan fingerprint density at radius 3 is 2.03 bits per heavy atom. The summed E-state index contributed by atoms with van der Waals surface area (Å²) >= 11 is 11.3. The van der Waals surface area contributed by atoms with Gasteiger partial charge in [-0.05, 0) is 84.7 Å². The maximum atomic E-state index is 12.9. The molecule has 0 amide bonds. The molecule has 31 heavy (non-hydrogen) atoms. The third kappa shape index (κ3) is 6.19. The second-order valence-corrected chi connectivity index (χ2v) is 9.94. The number of aryl methyl sites for hydroxylation is 1. The number of hydrogen-bond acceptors (Lipinski definition) is 3. The minimum absolute atomic E-state index is 0.163. The lowest BCUT2D eigenvalue weighted by Gasteiger charge is -2.15. The van der Waals surface area contributed by atoms with Crippen LogP contribution in [0.3, 0.4) is 0 Å². The average Bonchev–Trinajstić information content (AvgIpc) is 2.71. The molecule has 3 rings (SSSR count). The Hall–Kier alpha value is -2.61. The van der Waals surface area contributed by atoms with Crippen LogP contribution in [0.1, 0.15) is 30.9 Å². The minimum atomic E-state index is -3.78. The summed E-state index contributed by atoms with van der Waals surface area (Å²) in [5.74, 6) is 0.452. The van der Waals surface area contributed by atoms with E-state index in [0.717, 1.165) is 5.69 Å². The van der Waals surface area contributed by atoms with Crippen molar-refractivity contribution in [3.05, 3.63) is 82.9 Å². The summed E-state index contributed by atoms with van der Waals surface area (Å²) in [4.78, 5) is 0.163. The van der Waals surface area contributed by atoms with Gasteiger partial charge in [-0.15, -0.1) is 0 Å². The summed E-state index contributed by atoms with van der Waals surface area (Å²) in [6.45, 7) is 6.02. The van der Waals surface area contributed by atoms with E-state index in [0.29, 0.717) is 33.0 Å². The van der Waals surface area contributed by atoms with E-state index in [-0.39, 0.29) is 4.90 Å². The molecule has 0 aromatic heterocycles. The smallest absolute Gasteiger partial charge is 0.262 e. The molecule has 3 aromatic carbocycles. The van der Waals surface area contributed by atoms with E-state index in [4.69, 9.17) is 23.8 Å². The van der Waals surface area contributed by atoms with Crippen LogP contribution in [-0.4, -0.2) is 13.5 Å². The van der Waals surface area contributed by atoms with Crippen LogP contribution in [0.25, 0.3) is 0 Å². The van der Waals surface area contributed by atoms with Gasteiger partial charge in [0.2, 0.25) is 0 Å². The van der Waals surface area contributed by atoms with Crippen LogP contribution in [0.4, 0.5) is 17.1 Å². The third-order valence-electron chi connectivity index (χ3n) is 4.67. The van der Waals surface area contributed by atoms with E-state index in [1.54, 1.807) is 49.4 Å². The number of nitrogens with one attached hydrogen (secondary N) is 3. The second-order valence-electron chi connectivity index (χ2n) is 7.45. The van der Waals surface area contributed by atoms with E-state index in [1.807, 2.05) is 12.1 Å². The van der Waals surface area contributed by atoms with E-state index >= 15 is 0 Å². The molecule has 0 aliphatic carbocycles. The van der Waals surface area contributed by atoms with Crippen LogP contribution in [-0.2, 0) is 10.0 Å². The zero-order valence-electron chi connectivity index (χ0n) is 17.4. The largest absolute Gasteiger partial charge is 0.332 e. The van der Waals surface area contributed by atoms with E-state index < -0.39 is 10.0 Å². The first-order valence-corrected chi connectivity index (χ1v) is 12.0. The number of anilines is 3. The minimum Gasteiger partial charge on any atom is -0.332 e. The van der Waals surface area contributed by atoms with Crippen LogP contribution >= 0.6 is 23.8 Å². The van der Waals surface area contributed by atoms with Crippen LogP contribution < -0.4 is 15.4 Å². The summed E-state index contributed by atoms with van der Waals surface area (Å²) in [5.41, 5.74) is 3.72. The van der Waals surface area contributed by atoms with Gasteiger partial charge >= 0.3 is 0 Å². The van der Waals surface area contributed by atoms with Gasteiger partial charge in [-0.3, -0.25) is 4.72 Å². The average molecular weight is 474 g/mol. The maximum Gasteiger partial charge on any atom is 0.262 e. The Morgan fingerprint density at radius 1 is 0.871 bits per heavy atom. The van der Waals surface area contributed by atoms with Gasteiger partial charge in [0.15, 0.2) is 5.11 Å². The molecule has 0 radical (unpaired) electrons. The summed E-state index contributed by atoms with van der Waals surface area (Å²) in [6.07, 6.45) is 0. The maximum absolute atomic E-state index is 12.9. The number of benzene rings is 3. The highest BCUT2D eigenvalue weighted by Crippen LogP contribution is 2.24. The summed E-state index contributed by atoms with van der Waals surface area (Å²) in [5, 5.41) is 7.07. The number of thiocarbonyl (C=S) groups is 1. The Morgan fingerprint density at radius 2 is 1.42 bits per heavy atom. The highest BCUT2D eigenvalue weighted by atomic mass is 35.5. The van der Waals surface area contributed by atoms with Crippen molar-refractivity contribution in [3.63, 3.8) is 0 Å². The van der Waals surface area contributed by atoms with Crippen LogP contribution in [0, 0.1) is 6.92 Å². The molecule has 5 nitrogen and oxygen atoms in total. The second kappa shape index (κ2) is 9.68. The predicted octanol–water partition coefficient (Wildman–Crippen LogP) is 6.38. The molecule has 0 fully saturated rings. The molecule has 162 valence electrons. The zero-order valence-corrected chi connectivity index (χ0v) is 19.8. The third-order valence-corrected chi connectivity index (χ3v) is 6.65. The molecule has 3 aromatic rings. The molecule has 8 heteroatoms. The van der Waals surface area contributed by atoms with Crippen molar-refractivity contribution in [1.82, 2.24) is 0 Å². The van der Waals surface area contributed by atoms with Crippen molar-refractivity contribution in [2.75, 3.05) is 15.4 Å². The Balaban J connectivity index is 1.73. The lowest BCUT2D eigenvalue weighted by molar-refractivity contribution is 0.600. The highest BCUT2D eigenvalue weighted by molar-refractivity contribution is 7.92. The molecule has 0 aliphatic heterocycles. The van der Waals surface area contributed by atoms with Gasteiger partial charge in [0.1, 0.15) is 0 Å². The Bertz CT molecular complexity index is 1180. The van der Waals surface area contributed by atoms with Crippen molar-refractivity contribution in [1.29, 1.82) is 0 Å². The summed E-state index contributed by atoms with van der Waals surface area (Å²) in [6, 6.07) is 19.6. The molecule has 0 heterocycles. The normalized spacial score (nSPS) is 11.3. The summed E-state index contributed by atoms with van der Waals surface area (Å²) < 4.78 is 28.4. The highest BCUT2D eigenvalue weighted by Gasteiger charge is 2.18. The van der Waals surface area contributed by atoms with Crippen LogP contribution in [0.15, 0.2) is 71.6 Å². The Kier molecular flexibility index (Phi) is 7.20. The first-order valence-electron chi connectivity index (χ1n) is 9.71. The van der Waals surface area contributed by atoms with Gasteiger partial charge in [0.25, 0.3) is 10.0 Å². The molecule has 0 atom stereocenters. The molecule has 0 bridgehead atoms. The molecule has 0 aliphatic rings. The topological polar surface area (TPSA) is 70.2 Å². The standard InChI is InChI=1S/C23H24ClN3O2S2/c1-15(2)17-5-10-19(11-6-17)25-23(30)26-21-9-4-16(3)22(14-21)31(28,29)27-20-12-7-18(24)8-13-20/h4-15,27H,1-3H3,(H2,25,26,30). The van der Waals surface area contributed by atoms with Crippen LogP contribution in [0.5, 0.6) is 0 Å². The van der Waals surface area contributed by atoms with Crippen LogP contribution in [0.2, 0.25) is 5.02 Å². The number of hydrogen-bond donors (Lipinski definition) is 3. The lowest BCUT2D eigenvalue weighted by atomic mass is 10.0. The van der Waals surface area contributed by atoms with Gasteiger partial charge in [0.05, 0.1) is 4.90 Å². The molecule has 0 saturated carbocycles. The van der Waals surface area contributed by atoms with Gasteiger partial charge in [-0.2, -0.15) is 0 Å². The Labute approximate surface area is 193 Å². The molecular weight excluding hydrogens is 450 g/mol. The fourth-order valence-corrected chi connectivity index (χ4v) is 4.63. The van der Waals surface area contributed by atoms with Crippen molar-refractivity contribution in [3.8, 4) is 0 Å². The molecular formula is C23H24ClN3O2S2. The van der Waals surface area contributed by atoms with Crippen molar-refractivity contribution in [2.45, 2.75) is 31.6 Å². The van der Waals surface area contributed by atoms with Crippen molar-refractivity contribution >= 4 is 56.0 Å².